The summed E-state index contributed by atoms with van der Waals surface area (Å²) < 4.78 is 10.5. The Balaban J connectivity index is 1.88. The quantitative estimate of drug-likeness (QED) is 0.368. The maximum Gasteiger partial charge on any atom is 0.379 e. The van der Waals surface area contributed by atoms with Crippen molar-refractivity contribution in [3.63, 3.8) is 0 Å². The number of nitro benzene ring substituents is 1. The van der Waals surface area contributed by atoms with Crippen LogP contribution in [-0.2, 0) is 0 Å². The van der Waals surface area contributed by atoms with Crippen molar-refractivity contribution < 1.29 is 18.9 Å². The number of aromatic nitrogens is 1. The fourth-order valence-electron chi connectivity index (χ4n) is 2.06. The average molecular weight is 379 g/mol. The van der Waals surface area contributed by atoms with Crippen molar-refractivity contribution in [2.45, 2.75) is 0 Å². The molecule has 3 rings (SSSR count). The molecule has 0 aliphatic carbocycles. The number of halogens is 2. The van der Waals surface area contributed by atoms with Gasteiger partial charge in [-0.1, -0.05) is 23.2 Å². The molecule has 0 fully saturated rings. The number of carbonyl (C=O) groups is 1. The highest BCUT2D eigenvalue weighted by molar-refractivity contribution is 6.31. The lowest BCUT2D eigenvalue weighted by atomic mass is 10.1. The van der Waals surface area contributed by atoms with Gasteiger partial charge in [0.2, 0.25) is 5.76 Å². The summed E-state index contributed by atoms with van der Waals surface area (Å²) in [6, 6.07) is 8.34. The van der Waals surface area contributed by atoms with E-state index in [9.17, 15) is 14.9 Å². The first-order valence-corrected chi connectivity index (χ1v) is 7.56. The van der Waals surface area contributed by atoms with Gasteiger partial charge < -0.3 is 9.15 Å². The molecule has 126 valence electrons. The first kappa shape index (κ1) is 16.9. The molecule has 2 aromatic heterocycles. The molecule has 2 heterocycles. The first-order chi connectivity index (χ1) is 11.9. The highest BCUT2D eigenvalue weighted by Crippen LogP contribution is 2.33. The molecule has 0 bridgehead atoms. The molecule has 0 saturated carbocycles. The highest BCUT2D eigenvalue weighted by Gasteiger charge is 2.21. The minimum Gasteiger partial charge on any atom is -0.449 e. The summed E-state index contributed by atoms with van der Waals surface area (Å²) >= 11 is 11.5. The van der Waals surface area contributed by atoms with Crippen molar-refractivity contribution in [2.24, 2.45) is 0 Å². The first-order valence-electron chi connectivity index (χ1n) is 6.81. The fraction of sp³-hybridized carbons (Fsp3) is 0. The van der Waals surface area contributed by atoms with E-state index in [1.54, 1.807) is 0 Å². The second-order valence-corrected chi connectivity index (χ2v) is 5.68. The minimum absolute atomic E-state index is 0.126. The van der Waals surface area contributed by atoms with Crippen molar-refractivity contribution >= 4 is 34.9 Å². The number of pyridine rings is 1. The number of furan rings is 1. The average Bonchev–Trinajstić information content (AvgIpc) is 3.04. The van der Waals surface area contributed by atoms with Crippen LogP contribution in [0.25, 0.3) is 11.3 Å². The Labute approximate surface area is 150 Å². The molecule has 1 aromatic carbocycles. The van der Waals surface area contributed by atoms with E-state index in [-0.39, 0.29) is 33.5 Å². The lowest BCUT2D eigenvalue weighted by Gasteiger charge is -2.02. The number of ether oxygens (including phenoxy) is 1. The van der Waals surface area contributed by atoms with Crippen LogP contribution in [0.2, 0.25) is 10.0 Å². The summed E-state index contributed by atoms with van der Waals surface area (Å²) in [6.07, 6.45) is 2.71. The Kier molecular flexibility index (Phi) is 4.69. The largest absolute Gasteiger partial charge is 0.449 e. The molecule has 7 nitrogen and oxygen atoms in total. The van der Waals surface area contributed by atoms with Crippen LogP contribution in [0.3, 0.4) is 0 Å². The van der Waals surface area contributed by atoms with Gasteiger partial charge in [-0.2, -0.15) is 0 Å². The zero-order valence-corrected chi connectivity index (χ0v) is 13.8. The van der Waals surface area contributed by atoms with Gasteiger partial charge in [-0.25, -0.2) is 4.79 Å². The number of carbonyl (C=O) groups excluding carboxylic acids is 1. The predicted molar refractivity (Wildman–Crippen MR) is 90.0 cm³/mol. The van der Waals surface area contributed by atoms with Gasteiger partial charge in [-0.3, -0.25) is 15.1 Å². The third-order valence-corrected chi connectivity index (χ3v) is 3.56. The van der Waals surface area contributed by atoms with Crippen molar-refractivity contribution in [1.82, 2.24) is 4.98 Å². The van der Waals surface area contributed by atoms with Gasteiger partial charge in [0.15, 0.2) is 5.75 Å². The molecular weight excluding hydrogens is 371 g/mol. The molecule has 9 heteroatoms. The van der Waals surface area contributed by atoms with E-state index in [1.807, 2.05) is 0 Å². The SMILES string of the molecule is O=C(Oc1cncc(Cl)c1)c1ccc(-c2ccc(Cl)cc2[N+](=O)[O-])o1. The van der Waals surface area contributed by atoms with Gasteiger partial charge >= 0.3 is 5.97 Å². The summed E-state index contributed by atoms with van der Waals surface area (Å²) in [7, 11) is 0. The zero-order chi connectivity index (χ0) is 18.0. The van der Waals surface area contributed by atoms with E-state index in [2.05, 4.69) is 4.98 Å². The van der Waals surface area contributed by atoms with Crippen molar-refractivity contribution in [3.05, 3.63) is 74.7 Å². The van der Waals surface area contributed by atoms with Gasteiger partial charge in [-0.05, 0) is 24.3 Å². The summed E-state index contributed by atoms with van der Waals surface area (Å²) in [5, 5.41) is 11.7. The van der Waals surface area contributed by atoms with Crippen LogP contribution in [-0.4, -0.2) is 15.9 Å². The summed E-state index contributed by atoms with van der Waals surface area (Å²) in [5.74, 6) is -0.626. The van der Waals surface area contributed by atoms with Gasteiger partial charge in [0.05, 0.1) is 21.7 Å². The molecule has 3 aromatic rings. The summed E-state index contributed by atoms with van der Waals surface area (Å²) in [5.41, 5.74) is -0.0429. The van der Waals surface area contributed by atoms with Crippen LogP contribution in [0.15, 0.2) is 53.2 Å². The van der Waals surface area contributed by atoms with Crippen LogP contribution in [0, 0.1) is 10.1 Å². The number of benzene rings is 1. The number of nitro groups is 1. The molecule has 0 aliphatic rings. The van der Waals surface area contributed by atoms with Crippen LogP contribution < -0.4 is 4.74 Å². The maximum absolute atomic E-state index is 12.1. The molecule has 0 spiro atoms. The normalized spacial score (nSPS) is 10.5. The third-order valence-electron chi connectivity index (χ3n) is 3.12. The van der Waals surface area contributed by atoms with Gasteiger partial charge in [0, 0.05) is 23.4 Å². The topological polar surface area (TPSA) is 95.5 Å². The second-order valence-electron chi connectivity index (χ2n) is 4.81. The predicted octanol–water partition coefficient (Wildman–Crippen LogP) is 4.78. The van der Waals surface area contributed by atoms with Crippen molar-refractivity contribution in [3.8, 4) is 17.1 Å². The summed E-state index contributed by atoms with van der Waals surface area (Å²) in [4.78, 5) is 26.5. The van der Waals surface area contributed by atoms with E-state index in [0.717, 1.165) is 0 Å². The Hall–Kier alpha value is -2.90. The molecule has 0 unspecified atom stereocenters. The Morgan fingerprint density at radius 2 is 1.92 bits per heavy atom. The molecule has 0 aliphatic heterocycles. The summed E-state index contributed by atoms with van der Waals surface area (Å²) in [6.45, 7) is 0. The second kappa shape index (κ2) is 6.92. The number of rotatable bonds is 4. The van der Waals surface area contributed by atoms with E-state index in [1.165, 1.54) is 48.8 Å². The maximum atomic E-state index is 12.1. The lowest BCUT2D eigenvalue weighted by molar-refractivity contribution is -0.384. The van der Waals surface area contributed by atoms with Gasteiger partial charge in [0.25, 0.3) is 5.69 Å². The smallest absolute Gasteiger partial charge is 0.379 e. The zero-order valence-electron chi connectivity index (χ0n) is 12.3. The standard InChI is InChI=1S/C16H8Cl2N2O5/c17-9-1-2-12(13(6-9)20(22)23)14-3-4-15(25-14)16(21)24-11-5-10(18)7-19-8-11/h1-8H. The lowest BCUT2D eigenvalue weighted by Crippen LogP contribution is -2.07. The van der Waals surface area contributed by atoms with E-state index < -0.39 is 10.9 Å². The number of nitrogens with zero attached hydrogens (tertiary/aromatic N) is 2. The minimum atomic E-state index is -0.785. The molecule has 0 amide bonds. The Morgan fingerprint density at radius 1 is 1.12 bits per heavy atom. The van der Waals surface area contributed by atoms with Crippen LogP contribution in [0.1, 0.15) is 10.6 Å². The Morgan fingerprint density at radius 3 is 2.64 bits per heavy atom. The highest BCUT2D eigenvalue weighted by atomic mass is 35.5. The molecule has 0 atom stereocenters. The number of hydrogen-bond acceptors (Lipinski definition) is 6. The fourth-order valence-corrected chi connectivity index (χ4v) is 2.39. The molecule has 0 N–H and O–H groups in total. The van der Waals surface area contributed by atoms with E-state index in [4.69, 9.17) is 32.4 Å². The monoisotopic (exact) mass is 378 g/mol. The number of hydrogen-bond donors (Lipinski definition) is 0. The van der Waals surface area contributed by atoms with E-state index in [0.29, 0.717) is 5.02 Å². The Bertz CT molecular complexity index is 971. The van der Waals surface area contributed by atoms with Crippen LogP contribution in [0.4, 0.5) is 5.69 Å². The van der Waals surface area contributed by atoms with E-state index >= 15 is 0 Å². The third kappa shape index (κ3) is 3.78. The molecule has 25 heavy (non-hydrogen) atoms. The molecule has 0 saturated heterocycles. The number of esters is 1. The van der Waals surface area contributed by atoms with Gasteiger partial charge in [-0.15, -0.1) is 0 Å². The molecular formula is C16H8Cl2N2O5. The van der Waals surface area contributed by atoms with Crippen LogP contribution >= 0.6 is 23.2 Å². The van der Waals surface area contributed by atoms with Gasteiger partial charge in [0.1, 0.15) is 5.76 Å². The van der Waals surface area contributed by atoms with Crippen LogP contribution in [0.5, 0.6) is 5.75 Å². The molecule has 0 radical (unpaired) electrons. The van der Waals surface area contributed by atoms with Crippen molar-refractivity contribution in [1.29, 1.82) is 0 Å². The van der Waals surface area contributed by atoms with Crippen molar-refractivity contribution in [2.75, 3.05) is 0 Å².